The molecule has 4 heteroatoms. The molecule has 1 amide bonds. The van der Waals surface area contributed by atoms with E-state index in [4.69, 9.17) is 4.74 Å². The van der Waals surface area contributed by atoms with Gasteiger partial charge in [0.2, 0.25) is 7.85 Å². The number of likely N-dealkylation sites (tertiary alicyclic amines) is 1. The first-order valence-corrected chi connectivity index (χ1v) is 4.02. The van der Waals surface area contributed by atoms with E-state index in [1.807, 2.05) is 4.90 Å². The van der Waals surface area contributed by atoms with E-state index in [-0.39, 0.29) is 5.81 Å². The molecule has 1 aliphatic heterocycles. The number of nitrogens with zero attached hydrogens (tertiary/aromatic N) is 1. The number of ether oxygens (including phenoxy) is 1. The van der Waals surface area contributed by atoms with Gasteiger partial charge in [-0.15, -0.1) is 0 Å². The molecule has 0 spiro atoms. The normalized spacial score (nSPS) is 20.3. The van der Waals surface area contributed by atoms with E-state index in [0.29, 0.717) is 6.10 Å². The summed E-state index contributed by atoms with van der Waals surface area (Å²) in [6, 6.07) is 0. The summed E-state index contributed by atoms with van der Waals surface area (Å²) in [4.78, 5) is 12.7. The summed E-state index contributed by atoms with van der Waals surface area (Å²) in [6.07, 6.45) is 2.33. The van der Waals surface area contributed by atoms with Crippen LogP contribution in [-0.2, 0) is 4.74 Å². The Morgan fingerprint density at radius 3 is 2.45 bits per heavy atom. The van der Waals surface area contributed by atoms with Gasteiger partial charge in [-0.1, -0.05) is 0 Å². The molecule has 1 fully saturated rings. The predicted molar refractivity (Wildman–Crippen MR) is 45.5 cm³/mol. The van der Waals surface area contributed by atoms with E-state index in [1.54, 1.807) is 15.0 Å². The van der Waals surface area contributed by atoms with Gasteiger partial charge in [0.25, 0.3) is 0 Å². The van der Waals surface area contributed by atoms with Crippen LogP contribution in [0.1, 0.15) is 12.8 Å². The number of hydrogen-bond acceptors (Lipinski definition) is 2. The monoisotopic (exact) mass is 155 g/mol. The fourth-order valence-corrected chi connectivity index (χ4v) is 1.41. The zero-order valence-electron chi connectivity index (χ0n) is 7.17. The molecule has 0 radical (unpaired) electrons. The topological polar surface area (TPSA) is 29.5 Å². The summed E-state index contributed by atoms with van der Waals surface area (Å²) in [6.45, 7) is 1.71. The second-order valence-electron chi connectivity index (χ2n) is 2.94. The summed E-state index contributed by atoms with van der Waals surface area (Å²) in [5.41, 5.74) is 0. The van der Waals surface area contributed by atoms with Crippen molar-refractivity contribution < 1.29 is 9.53 Å². The molecule has 1 heterocycles. The van der Waals surface area contributed by atoms with Crippen molar-refractivity contribution in [3.05, 3.63) is 0 Å². The molecule has 0 aliphatic carbocycles. The molecule has 1 saturated heterocycles. The van der Waals surface area contributed by atoms with Crippen LogP contribution in [0.2, 0.25) is 0 Å². The lowest BCUT2D eigenvalue weighted by atomic mass is 10.0. The van der Waals surface area contributed by atoms with Crippen molar-refractivity contribution in [2.24, 2.45) is 0 Å². The van der Waals surface area contributed by atoms with Crippen LogP contribution in [-0.4, -0.2) is 44.9 Å². The first-order valence-electron chi connectivity index (χ1n) is 4.02. The third kappa shape index (κ3) is 2.22. The maximum Gasteiger partial charge on any atom is 0.215 e. The molecule has 0 N–H and O–H groups in total. The van der Waals surface area contributed by atoms with Crippen LogP contribution < -0.4 is 0 Å². The number of methoxy groups -OCH3 is 1. The minimum absolute atomic E-state index is 0.180. The van der Waals surface area contributed by atoms with Crippen molar-refractivity contribution in [3.8, 4) is 0 Å². The van der Waals surface area contributed by atoms with Crippen molar-refractivity contribution in [2.45, 2.75) is 18.9 Å². The van der Waals surface area contributed by atoms with Crippen molar-refractivity contribution >= 4 is 13.7 Å². The van der Waals surface area contributed by atoms with Crippen molar-refractivity contribution in [3.63, 3.8) is 0 Å². The van der Waals surface area contributed by atoms with Crippen LogP contribution in [0.4, 0.5) is 4.79 Å². The molecule has 3 nitrogen and oxygen atoms in total. The number of amides is 1. The standard InChI is InChI=1S/C7H14BNO2/c1-11-6-2-4-9(5-3-6)7(8)10/h6H,2-5,8H2,1H3. The molecule has 11 heavy (non-hydrogen) atoms. The second kappa shape index (κ2) is 3.76. The van der Waals surface area contributed by atoms with Gasteiger partial charge in [-0.3, -0.25) is 4.79 Å². The highest BCUT2D eigenvalue weighted by atomic mass is 16.5. The molecule has 0 unspecified atom stereocenters. The molecule has 0 aromatic heterocycles. The zero-order chi connectivity index (χ0) is 8.27. The molecule has 0 aromatic carbocycles. The van der Waals surface area contributed by atoms with E-state index in [2.05, 4.69) is 0 Å². The highest BCUT2D eigenvalue weighted by Crippen LogP contribution is 2.12. The molecule has 0 saturated carbocycles. The number of rotatable bonds is 1. The van der Waals surface area contributed by atoms with E-state index < -0.39 is 0 Å². The molecule has 0 aromatic rings. The summed E-state index contributed by atoms with van der Waals surface area (Å²) in [7, 11) is 3.35. The number of carbonyl (C=O) groups excluding carboxylic acids is 1. The molecule has 1 aliphatic rings. The molecule has 1 rings (SSSR count). The summed E-state index contributed by atoms with van der Waals surface area (Å²) < 4.78 is 5.18. The van der Waals surface area contributed by atoms with Crippen LogP contribution >= 0.6 is 0 Å². The van der Waals surface area contributed by atoms with Gasteiger partial charge >= 0.3 is 0 Å². The number of hydrogen-bond donors (Lipinski definition) is 0. The number of piperidine rings is 1. The minimum Gasteiger partial charge on any atom is -0.381 e. The lowest BCUT2D eigenvalue weighted by molar-refractivity contribution is 0.0534. The Morgan fingerprint density at radius 1 is 1.55 bits per heavy atom. The Hall–Kier alpha value is -0.505. The highest BCUT2D eigenvalue weighted by Gasteiger charge is 2.19. The fraction of sp³-hybridized carbons (Fsp3) is 0.857. The van der Waals surface area contributed by atoms with E-state index in [1.165, 1.54) is 0 Å². The van der Waals surface area contributed by atoms with Gasteiger partial charge in [0, 0.05) is 20.2 Å². The third-order valence-corrected chi connectivity index (χ3v) is 2.22. The van der Waals surface area contributed by atoms with Crippen LogP contribution in [0.3, 0.4) is 0 Å². The van der Waals surface area contributed by atoms with Crippen molar-refractivity contribution in [1.82, 2.24) is 4.90 Å². The molecule has 0 atom stereocenters. The Balaban J connectivity index is 2.30. The van der Waals surface area contributed by atoms with Crippen LogP contribution in [0.5, 0.6) is 0 Å². The summed E-state index contributed by atoms with van der Waals surface area (Å²) in [5, 5.41) is 0. The second-order valence-corrected chi connectivity index (χ2v) is 2.94. The zero-order valence-corrected chi connectivity index (χ0v) is 7.17. The quantitative estimate of drug-likeness (QED) is 0.493. The van der Waals surface area contributed by atoms with Crippen LogP contribution in [0, 0.1) is 0 Å². The Kier molecular flexibility index (Phi) is 2.94. The van der Waals surface area contributed by atoms with Gasteiger partial charge < -0.3 is 9.64 Å². The Morgan fingerprint density at radius 2 is 2.09 bits per heavy atom. The van der Waals surface area contributed by atoms with Gasteiger partial charge in [-0.2, -0.15) is 0 Å². The molecule has 0 bridgehead atoms. The highest BCUT2D eigenvalue weighted by molar-refractivity contribution is 6.56. The lowest BCUT2D eigenvalue weighted by Gasteiger charge is -2.30. The van der Waals surface area contributed by atoms with Gasteiger partial charge in [0.15, 0.2) is 5.81 Å². The molecular formula is C7H14BNO2. The lowest BCUT2D eigenvalue weighted by Crippen LogP contribution is -2.39. The summed E-state index contributed by atoms with van der Waals surface area (Å²) >= 11 is 0. The first kappa shape index (κ1) is 8.59. The van der Waals surface area contributed by atoms with Crippen molar-refractivity contribution in [1.29, 1.82) is 0 Å². The smallest absolute Gasteiger partial charge is 0.215 e. The maximum absolute atomic E-state index is 10.9. The third-order valence-electron chi connectivity index (χ3n) is 2.22. The fourth-order valence-electron chi connectivity index (χ4n) is 1.41. The maximum atomic E-state index is 10.9. The van der Waals surface area contributed by atoms with Crippen LogP contribution in [0.15, 0.2) is 0 Å². The van der Waals surface area contributed by atoms with Crippen molar-refractivity contribution in [2.75, 3.05) is 20.2 Å². The minimum atomic E-state index is 0.180. The molecular weight excluding hydrogens is 141 g/mol. The molecule has 62 valence electrons. The van der Waals surface area contributed by atoms with E-state index in [0.717, 1.165) is 25.9 Å². The average Bonchev–Trinajstić information content (AvgIpc) is 2.05. The largest absolute Gasteiger partial charge is 0.381 e. The van der Waals surface area contributed by atoms with Gasteiger partial charge in [-0.25, -0.2) is 0 Å². The number of carbonyl (C=O) groups is 1. The summed E-state index contributed by atoms with van der Waals surface area (Å²) in [5.74, 6) is 0.180. The van der Waals surface area contributed by atoms with Gasteiger partial charge in [0.05, 0.1) is 6.10 Å². The van der Waals surface area contributed by atoms with E-state index >= 15 is 0 Å². The van der Waals surface area contributed by atoms with E-state index in [9.17, 15) is 4.79 Å². The Labute approximate surface area is 68.1 Å². The average molecular weight is 155 g/mol. The van der Waals surface area contributed by atoms with Gasteiger partial charge in [0.1, 0.15) is 0 Å². The van der Waals surface area contributed by atoms with Crippen LogP contribution in [0.25, 0.3) is 0 Å². The SMILES string of the molecule is BC(=O)N1CCC(OC)CC1. The predicted octanol–water partition coefficient (Wildman–Crippen LogP) is -0.150. The Bertz CT molecular complexity index is 143. The first-order chi connectivity index (χ1) is 5.24. The van der Waals surface area contributed by atoms with Gasteiger partial charge in [-0.05, 0) is 12.8 Å².